The van der Waals surface area contributed by atoms with Gasteiger partial charge in [0.1, 0.15) is 18.0 Å². The summed E-state index contributed by atoms with van der Waals surface area (Å²) < 4.78 is 23.7. The van der Waals surface area contributed by atoms with Gasteiger partial charge < -0.3 is 29.8 Å². The molecular weight excluding hydrogens is 872 g/mol. The summed E-state index contributed by atoms with van der Waals surface area (Å²) in [6, 6.07) is 12.4. The Labute approximate surface area is 414 Å². The number of aromatic nitrogens is 7. The summed E-state index contributed by atoms with van der Waals surface area (Å²) in [4.78, 5) is 28.2. The fourth-order valence-corrected chi connectivity index (χ4v) is 6.43. The molecule has 2 aliphatic heterocycles. The number of anilines is 1. The normalized spacial score (nSPS) is 13.4. The van der Waals surface area contributed by atoms with E-state index in [9.17, 15) is 9.60 Å². The van der Waals surface area contributed by atoms with E-state index in [0.717, 1.165) is 122 Å². The van der Waals surface area contributed by atoms with Crippen LogP contribution in [0.5, 0.6) is 0 Å². The molecule has 6 heterocycles. The lowest BCUT2D eigenvalue weighted by atomic mass is 10.1. The van der Waals surface area contributed by atoms with Gasteiger partial charge in [-0.1, -0.05) is 41.2 Å². The fourth-order valence-electron chi connectivity index (χ4n) is 6.43. The van der Waals surface area contributed by atoms with Gasteiger partial charge in [0.25, 0.3) is 0 Å². The largest absolute Gasteiger partial charge is 0.619 e. The van der Waals surface area contributed by atoms with Crippen LogP contribution in [0.1, 0.15) is 120 Å². The monoisotopic (exact) mass is 957 g/mol. The summed E-state index contributed by atoms with van der Waals surface area (Å²) in [7, 11) is 3.49. The number of aryl methyl sites for hydroxylation is 8. The van der Waals surface area contributed by atoms with Crippen molar-refractivity contribution in [2.75, 3.05) is 52.3 Å². The lowest BCUT2D eigenvalue weighted by Crippen LogP contribution is -2.39. The maximum absolute atomic E-state index is 12.5. The van der Waals surface area contributed by atoms with Crippen molar-refractivity contribution < 1.29 is 18.6 Å². The molecule has 4 aromatic heterocycles. The summed E-state index contributed by atoms with van der Waals surface area (Å²) in [5.74, 6) is 2.85. The van der Waals surface area contributed by atoms with Crippen LogP contribution in [0.2, 0.25) is 0 Å². The van der Waals surface area contributed by atoms with Crippen LogP contribution >= 0.6 is 0 Å². The van der Waals surface area contributed by atoms with E-state index in [-0.39, 0.29) is 13.2 Å². The minimum atomic E-state index is -0.137. The van der Waals surface area contributed by atoms with Crippen molar-refractivity contribution in [2.24, 2.45) is 0 Å². The van der Waals surface area contributed by atoms with E-state index >= 15 is 0 Å². The SMILES string of the molecule is C.CCCNc1nccc(C)n1.CCc1c[n+]([O-])ccc1C.CCc1cc(F)ccc1C.CCc1nccc(C)n1.COC1CCN(C(C)=N)C1.COC1CCN(C(C)=N)CC1.Cc1ccncn1. The van der Waals surface area contributed by atoms with Gasteiger partial charge in [0.2, 0.25) is 5.95 Å². The number of amidine groups is 2. The third-order valence-electron chi connectivity index (χ3n) is 10.8. The topological polar surface area (TPSA) is 189 Å². The molecule has 16 heteroatoms. The van der Waals surface area contributed by atoms with Gasteiger partial charge in [-0.25, -0.2) is 34.3 Å². The molecule has 0 bridgehead atoms. The number of hydrogen-bond acceptors (Lipinski definition) is 12. The minimum Gasteiger partial charge on any atom is -0.619 e. The van der Waals surface area contributed by atoms with Gasteiger partial charge in [-0.2, -0.15) is 4.73 Å². The first-order valence-corrected chi connectivity index (χ1v) is 23.6. The van der Waals surface area contributed by atoms with Crippen molar-refractivity contribution in [1.29, 1.82) is 10.8 Å². The number of hydrogen-bond donors (Lipinski definition) is 3. The zero-order valence-electron chi connectivity index (χ0n) is 43.3. The van der Waals surface area contributed by atoms with Gasteiger partial charge in [-0.15, -0.1) is 0 Å². The Bertz CT molecular complexity index is 2090. The van der Waals surface area contributed by atoms with Gasteiger partial charge in [-0.3, -0.25) is 10.8 Å². The molecule has 0 spiro atoms. The first kappa shape index (κ1) is 63.0. The molecule has 1 atom stereocenters. The average Bonchev–Trinajstić information content (AvgIpc) is 3.84. The summed E-state index contributed by atoms with van der Waals surface area (Å²) >= 11 is 0. The number of benzene rings is 1. The second kappa shape index (κ2) is 37.0. The molecule has 2 fully saturated rings. The Balaban J connectivity index is 0.000000782. The molecule has 1 unspecified atom stereocenters. The first-order valence-electron chi connectivity index (χ1n) is 23.6. The molecule has 5 aromatic rings. The van der Waals surface area contributed by atoms with Crippen LogP contribution in [0, 0.1) is 56.5 Å². The summed E-state index contributed by atoms with van der Waals surface area (Å²) in [5.41, 5.74) is 7.63. The summed E-state index contributed by atoms with van der Waals surface area (Å²) in [6.45, 7) is 26.5. The van der Waals surface area contributed by atoms with Crippen LogP contribution in [0.3, 0.4) is 0 Å². The molecule has 3 N–H and O–H groups in total. The highest BCUT2D eigenvalue weighted by molar-refractivity contribution is 5.76. The van der Waals surface area contributed by atoms with Gasteiger partial charge in [0.15, 0.2) is 12.4 Å². The zero-order valence-corrected chi connectivity index (χ0v) is 43.3. The molecule has 69 heavy (non-hydrogen) atoms. The predicted octanol–water partition coefficient (Wildman–Crippen LogP) is 10.1. The van der Waals surface area contributed by atoms with E-state index in [1.807, 2.05) is 97.5 Å². The van der Waals surface area contributed by atoms with E-state index in [0.29, 0.717) is 23.9 Å². The van der Waals surface area contributed by atoms with Crippen LogP contribution < -0.4 is 10.0 Å². The quantitative estimate of drug-likeness (QED) is 0.0579. The van der Waals surface area contributed by atoms with E-state index in [4.69, 9.17) is 20.3 Å². The van der Waals surface area contributed by atoms with Crippen LogP contribution in [-0.4, -0.2) is 111 Å². The Morgan fingerprint density at radius 3 is 1.71 bits per heavy atom. The number of piperidine rings is 1. The Kier molecular flexibility index (Phi) is 33.8. The van der Waals surface area contributed by atoms with E-state index < -0.39 is 0 Å². The Hall–Kier alpha value is -6.00. The van der Waals surface area contributed by atoms with Crippen LogP contribution in [0.25, 0.3) is 0 Å². The van der Waals surface area contributed by atoms with E-state index in [1.54, 1.807) is 45.1 Å². The highest BCUT2D eigenvalue weighted by Gasteiger charge is 2.21. The third kappa shape index (κ3) is 28.2. The number of methoxy groups -OCH3 is 2. The number of rotatable bonds is 8. The minimum absolute atomic E-state index is 0. The fraction of sp³-hybridized carbons (Fsp3) is 0.528. The lowest BCUT2D eigenvalue weighted by molar-refractivity contribution is -0.605. The standard InChI is InChI=1S/C9H11F.C8H13N3.C8H16N2O.C8H11NO.C7H14N2O.C7H10N2.C5H6N2.CH4/c1-3-8-6-9(10)5-4-7(8)2;1-3-5-9-8-10-6-4-7(2)11-8;1-7(9)10-5-3-8(11-2)4-6-10;1-3-8-6-9(10)5-4-7(8)2;1-6(8)9-4-3-7(5-9)10-2;1-3-7-8-5-4-6(2)9-7;1-5-2-3-6-4-7-5;/h4-6H,3H2,1-2H3;4,6H,3,5H2,1-2H3,(H,9,10,11);8-9H,3-6H2,1-2H3;4-6H,3H2,1-2H3;7-8H,3-5H2,1-2H3;4-5H,3H2,1-2H3;2-4H,1H3;1H4. The van der Waals surface area contributed by atoms with Crippen LogP contribution in [0.4, 0.5) is 10.3 Å². The van der Waals surface area contributed by atoms with Crippen molar-refractivity contribution in [3.05, 3.63) is 136 Å². The zero-order chi connectivity index (χ0) is 50.9. The molecular formula is C53H85FN12O3. The Morgan fingerprint density at radius 1 is 0.725 bits per heavy atom. The number of nitrogens with zero attached hydrogens (tertiary/aromatic N) is 9. The Morgan fingerprint density at radius 2 is 1.29 bits per heavy atom. The van der Waals surface area contributed by atoms with Gasteiger partial charge in [-0.05, 0) is 134 Å². The lowest BCUT2D eigenvalue weighted by Gasteiger charge is -2.31. The maximum atomic E-state index is 12.5. The first-order chi connectivity index (χ1) is 32.5. The average molecular weight is 957 g/mol. The summed E-state index contributed by atoms with van der Waals surface area (Å²) in [5, 5.41) is 28.6. The highest BCUT2D eigenvalue weighted by atomic mass is 19.1. The van der Waals surface area contributed by atoms with Gasteiger partial charge >= 0.3 is 0 Å². The maximum Gasteiger partial charge on any atom is 0.222 e. The van der Waals surface area contributed by atoms with Crippen molar-refractivity contribution in [1.82, 2.24) is 39.7 Å². The highest BCUT2D eigenvalue weighted by Crippen LogP contribution is 2.13. The molecule has 0 aliphatic carbocycles. The van der Waals surface area contributed by atoms with Crippen LogP contribution in [-0.2, 0) is 28.7 Å². The molecule has 7 rings (SSSR count). The van der Waals surface area contributed by atoms with Gasteiger partial charge in [0, 0.05) is 101 Å². The second-order valence-corrected chi connectivity index (χ2v) is 16.2. The van der Waals surface area contributed by atoms with Crippen molar-refractivity contribution in [3.8, 4) is 0 Å². The number of nitrogens with one attached hydrogen (secondary N) is 3. The van der Waals surface area contributed by atoms with Gasteiger partial charge in [0.05, 0.1) is 23.9 Å². The van der Waals surface area contributed by atoms with Crippen molar-refractivity contribution in [2.45, 2.75) is 141 Å². The second-order valence-electron chi connectivity index (χ2n) is 16.2. The molecule has 0 amide bonds. The molecule has 382 valence electrons. The predicted molar refractivity (Wildman–Crippen MR) is 281 cm³/mol. The van der Waals surface area contributed by atoms with Crippen molar-refractivity contribution >= 4 is 17.6 Å². The molecule has 15 nitrogen and oxygen atoms in total. The smallest absolute Gasteiger partial charge is 0.222 e. The molecule has 0 saturated carbocycles. The number of halogens is 1. The molecule has 2 aliphatic rings. The molecule has 2 saturated heterocycles. The summed E-state index contributed by atoms with van der Waals surface area (Å²) in [6.07, 6.45) is 17.8. The van der Waals surface area contributed by atoms with Crippen LogP contribution in [0.15, 0.2) is 79.8 Å². The third-order valence-corrected chi connectivity index (χ3v) is 10.8. The van der Waals surface area contributed by atoms with Crippen molar-refractivity contribution in [3.63, 3.8) is 0 Å². The van der Waals surface area contributed by atoms with E-state index in [1.165, 1.54) is 29.7 Å². The number of likely N-dealkylation sites (tertiary alicyclic amines) is 2. The molecule has 0 radical (unpaired) electrons. The number of ether oxygens (including phenoxy) is 2. The van der Waals surface area contributed by atoms with E-state index in [2.05, 4.69) is 54.0 Å². The molecule has 1 aromatic carbocycles. The number of pyridine rings is 1.